The third kappa shape index (κ3) is 1.34. The third-order valence-corrected chi connectivity index (χ3v) is 4.20. The Hall–Kier alpha value is -0.570. The van der Waals surface area contributed by atoms with Gasteiger partial charge in [0.1, 0.15) is 0 Å². The van der Waals surface area contributed by atoms with E-state index in [0.29, 0.717) is 6.04 Å². The van der Waals surface area contributed by atoms with E-state index in [2.05, 4.69) is 10.6 Å². The molecular weight excluding hydrogens is 176 g/mol. The lowest BCUT2D eigenvalue weighted by molar-refractivity contribution is -0.121. The van der Waals surface area contributed by atoms with Crippen molar-refractivity contribution in [2.24, 2.45) is 11.8 Å². The summed E-state index contributed by atoms with van der Waals surface area (Å²) in [6.45, 7) is 0.858. The number of hydrogen-bond acceptors (Lipinski definition) is 2. The highest BCUT2D eigenvalue weighted by molar-refractivity contribution is 5.83. The van der Waals surface area contributed by atoms with Gasteiger partial charge in [0, 0.05) is 12.6 Å². The Morgan fingerprint density at radius 3 is 2.71 bits per heavy atom. The Kier molecular flexibility index (Phi) is 2.01. The van der Waals surface area contributed by atoms with Crippen molar-refractivity contribution in [3.05, 3.63) is 0 Å². The van der Waals surface area contributed by atoms with Gasteiger partial charge < -0.3 is 10.6 Å². The Morgan fingerprint density at radius 1 is 1.21 bits per heavy atom. The summed E-state index contributed by atoms with van der Waals surface area (Å²) in [5.41, 5.74) is 0. The normalized spacial score (nSPS) is 45.9. The first-order valence-electron chi connectivity index (χ1n) is 5.86. The molecule has 0 spiro atoms. The van der Waals surface area contributed by atoms with Crippen LogP contribution in [-0.4, -0.2) is 24.5 Å². The number of amides is 1. The van der Waals surface area contributed by atoms with Crippen LogP contribution in [-0.2, 0) is 4.79 Å². The molecule has 1 aliphatic heterocycles. The van der Waals surface area contributed by atoms with Crippen molar-refractivity contribution < 1.29 is 4.79 Å². The van der Waals surface area contributed by atoms with Gasteiger partial charge in [0.05, 0.1) is 6.04 Å². The molecule has 0 aromatic rings. The molecule has 2 N–H and O–H groups in total. The van der Waals surface area contributed by atoms with Crippen molar-refractivity contribution >= 4 is 5.91 Å². The van der Waals surface area contributed by atoms with Gasteiger partial charge in [0.25, 0.3) is 0 Å². The molecule has 1 saturated heterocycles. The van der Waals surface area contributed by atoms with Crippen molar-refractivity contribution in [2.75, 3.05) is 6.54 Å². The summed E-state index contributed by atoms with van der Waals surface area (Å²) in [5, 5.41) is 6.43. The van der Waals surface area contributed by atoms with Crippen LogP contribution in [0.2, 0.25) is 0 Å². The minimum absolute atomic E-state index is 0.111. The number of nitrogens with one attached hydrogen (secondary N) is 2. The first-order valence-corrected chi connectivity index (χ1v) is 5.86. The molecule has 3 aliphatic rings. The number of rotatable bonds is 2. The van der Waals surface area contributed by atoms with Crippen molar-refractivity contribution in [2.45, 2.75) is 44.2 Å². The van der Waals surface area contributed by atoms with Gasteiger partial charge in [-0.15, -0.1) is 0 Å². The fraction of sp³-hybridized carbons (Fsp3) is 0.909. The lowest BCUT2D eigenvalue weighted by atomic mass is 9.94. The van der Waals surface area contributed by atoms with Crippen molar-refractivity contribution in [1.29, 1.82) is 0 Å². The zero-order valence-electron chi connectivity index (χ0n) is 8.46. The largest absolute Gasteiger partial charge is 0.355 e. The van der Waals surface area contributed by atoms with Crippen molar-refractivity contribution in [3.8, 4) is 0 Å². The lowest BCUT2D eigenvalue weighted by Gasteiger charge is -2.25. The van der Waals surface area contributed by atoms with Crippen LogP contribution in [0.4, 0.5) is 0 Å². The molecule has 4 atom stereocenters. The van der Waals surface area contributed by atoms with Gasteiger partial charge in [-0.2, -0.15) is 0 Å². The first-order chi connectivity index (χ1) is 6.83. The average Bonchev–Trinajstić information content (AvgIpc) is 2.83. The van der Waals surface area contributed by atoms with Crippen LogP contribution in [0.15, 0.2) is 0 Å². The van der Waals surface area contributed by atoms with E-state index in [1.54, 1.807) is 0 Å². The summed E-state index contributed by atoms with van der Waals surface area (Å²) < 4.78 is 0. The van der Waals surface area contributed by atoms with Crippen molar-refractivity contribution in [3.63, 3.8) is 0 Å². The molecule has 2 bridgehead atoms. The van der Waals surface area contributed by atoms with Crippen LogP contribution >= 0.6 is 0 Å². The van der Waals surface area contributed by atoms with E-state index in [0.717, 1.165) is 24.8 Å². The molecule has 0 aromatic heterocycles. The van der Waals surface area contributed by atoms with E-state index in [-0.39, 0.29) is 11.9 Å². The Labute approximate surface area is 84.6 Å². The summed E-state index contributed by atoms with van der Waals surface area (Å²) >= 11 is 0. The van der Waals surface area contributed by atoms with Gasteiger partial charge in [-0.25, -0.2) is 0 Å². The zero-order chi connectivity index (χ0) is 9.54. The third-order valence-electron chi connectivity index (χ3n) is 4.20. The van der Waals surface area contributed by atoms with Gasteiger partial charge in [0.15, 0.2) is 0 Å². The van der Waals surface area contributed by atoms with Crippen LogP contribution in [0.5, 0.6) is 0 Å². The molecular formula is C11H18N2O. The molecule has 3 nitrogen and oxygen atoms in total. The smallest absolute Gasteiger partial charge is 0.237 e. The van der Waals surface area contributed by atoms with E-state index >= 15 is 0 Å². The molecule has 0 radical (unpaired) electrons. The molecule has 4 unspecified atom stereocenters. The van der Waals surface area contributed by atoms with E-state index in [4.69, 9.17) is 0 Å². The van der Waals surface area contributed by atoms with Crippen LogP contribution in [0, 0.1) is 11.8 Å². The van der Waals surface area contributed by atoms with E-state index in [9.17, 15) is 4.79 Å². The summed E-state index contributed by atoms with van der Waals surface area (Å²) in [6.07, 6.45) is 6.52. The van der Waals surface area contributed by atoms with Crippen LogP contribution < -0.4 is 10.6 Å². The van der Waals surface area contributed by atoms with Gasteiger partial charge in [-0.1, -0.05) is 6.42 Å². The second-order valence-corrected chi connectivity index (χ2v) is 5.08. The Balaban J connectivity index is 1.60. The quantitative estimate of drug-likeness (QED) is 0.678. The van der Waals surface area contributed by atoms with Crippen LogP contribution in [0.25, 0.3) is 0 Å². The molecule has 1 heterocycles. The fourth-order valence-electron chi connectivity index (χ4n) is 3.46. The van der Waals surface area contributed by atoms with Gasteiger partial charge in [0.2, 0.25) is 5.91 Å². The topological polar surface area (TPSA) is 41.1 Å². The molecule has 1 amide bonds. The summed E-state index contributed by atoms with van der Waals surface area (Å²) in [4.78, 5) is 11.4. The van der Waals surface area contributed by atoms with E-state index in [1.165, 1.54) is 25.7 Å². The highest BCUT2D eigenvalue weighted by atomic mass is 16.2. The zero-order valence-corrected chi connectivity index (χ0v) is 8.46. The highest BCUT2D eigenvalue weighted by Crippen LogP contribution is 2.44. The lowest BCUT2D eigenvalue weighted by Crippen LogP contribution is -2.45. The standard InChI is InChI=1S/C11H18N2O/c14-11-9(3-4-12-11)13-10-6-7-1-2-8(10)5-7/h7-10,13H,1-6H2,(H,12,14). The SMILES string of the molecule is O=C1NCCC1NC1CC2CCC1C2. The maximum absolute atomic E-state index is 11.4. The average molecular weight is 194 g/mol. The predicted octanol–water partition coefficient (Wildman–Crippen LogP) is 0.653. The molecule has 3 rings (SSSR count). The first kappa shape index (κ1) is 8.72. The summed E-state index contributed by atoms with van der Waals surface area (Å²) in [6, 6.07) is 0.752. The fourth-order valence-corrected chi connectivity index (χ4v) is 3.46. The van der Waals surface area contributed by atoms with Gasteiger partial charge >= 0.3 is 0 Å². The highest BCUT2D eigenvalue weighted by Gasteiger charge is 2.41. The number of carbonyl (C=O) groups excluding carboxylic acids is 1. The van der Waals surface area contributed by atoms with E-state index in [1.807, 2.05) is 0 Å². The summed E-state index contributed by atoms with van der Waals surface area (Å²) in [7, 11) is 0. The van der Waals surface area contributed by atoms with Gasteiger partial charge in [-0.3, -0.25) is 4.79 Å². The number of carbonyl (C=O) groups is 1. The molecule has 3 heteroatoms. The maximum Gasteiger partial charge on any atom is 0.237 e. The molecule has 3 fully saturated rings. The minimum Gasteiger partial charge on any atom is -0.355 e. The summed E-state index contributed by atoms with van der Waals surface area (Å²) in [5.74, 6) is 2.04. The number of fused-ring (bicyclic) bond motifs is 2. The number of hydrogen-bond donors (Lipinski definition) is 2. The Morgan fingerprint density at radius 2 is 2.14 bits per heavy atom. The van der Waals surface area contributed by atoms with Gasteiger partial charge in [-0.05, 0) is 37.5 Å². The Bertz CT molecular complexity index is 254. The monoisotopic (exact) mass is 194 g/mol. The second-order valence-electron chi connectivity index (χ2n) is 5.08. The second kappa shape index (κ2) is 3.23. The van der Waals surface area contributed by atoms with Crippen LogP contribution in [0.1, 0.15) is 32.1 Å². The molecule has 0 aromatic carbocycles. The van der Waals surface area contributed by atoms with Crippen molar-refractivity contribution in [1.82, 2.24) is 10.6 Å². The minimum atomic E-state index is 0.111. The molecule has 2 aliphatic carbocycles. The molecule has 2 saturated carbocycles. The predicted molar refractivity (Wildman–Crippen MR) is 53.8 cm³/mol. The molecule has 14 heavy (non-hydrogen) atoms. The van der Waals surface area contributed by atoms with Crippen LogP contribution in [0.3, 0.4) is 0 Å². The maximum atomic E-state index is 11.4. The van der Waals surface area contributed by atoms with E-state index < -0.39 is 0 Å². The molecule has 78 valence electrons.